The first-order valence-electron chi connectivity index (χ1n) is 8.87. The molecular weight excluding hydrogens is 428 g/mol. The van der Waals surface area contributed by atoms with Gasteiger partial charge in [0.25, 0.3) is 11.6 Å². The topological polar surface area (TPSA) is 115 Å². The van der Waals surface area contributed by atoms with Crippen molar-refractivity contribution in [2.24, 2.45) is 5.10 Å². The van der Waals surface area contributed by atoms with E-state index in [1.54, 1.807) is 0 Å². The van der Waals surface area contributed by atoms with Crippen LogP contribution in [0.1, 0.15) is 12.5 Å². The number of carbonyl (C=O) groups excluding carboxylic acids is 1. The fourth-order valence-corrected chi connectivity index (χ4v) is 3.52. The average Bonchev–Trinajstić information content (AvgIpc) is 3.17. The Morgan fingerprint density at radius 2 is 2.07 bits per heavy atom. The molecule has 0 aliphatic rings. The molecule has 0 radical (unpaired) electrons. The highest BCUT2D eigenvalue weighted by Gasteiger charge is 2.14. The molecule has 0 spiro atoms. The van der Waals surface area contributed by atoms with Gasteiger partial charge in [0.1, 0.15) is 0 Å². The lowest BCUT2D eigenvalue weighted by atomic mass is 10.2. The van der Waals surface area contributed by atoms with Crippen molar-refractivity contribution in [3.63, 3.8) is 0 Å². The Kier molecular flexibility index (Phi) is 7.15. The van der Waals surface area contributed by atoms with Crippen molar-refractivity contribution in [2.45, 2.75) is 18.6 Å². The summed E-state index contributed by atoms with van der Waals surface area (Å²) < 4.78 is 1.93. The molecular formula is C19H17ClN6O3S. The number of amides is 1. The highest BCUT2D eigenvalue weighted by atomic mass is 35.5. The van der Waals surface area contributed by atoms with E-state index < -0.39 is 4.92 Å². The number of benzene rings is 2. The number of nitro benzene ring substituents is 1. The Morgan fingerprint density at radius 1 is 1.30 bits per heavy atom. The quantitative estimate of drug-likeness (QED) is 0.245. The first kappa shape index (κ1) is 21.5. The Bertz CT molecular complexity index is 1090. The second-order valence-corrected chi connectivity index (χ2v) is 7.31. The lowest BCUT2D eigenvalue weighted by Crippen LogP contribution is -2.20. The van der Waals surface area contributed by atoms with Crippen LogP contribution < -0.4 is 5.43 Å². The van der Waals surface area contributed by atoms with Gasteiger partial charge in [0.2, 0.25) is 0 Å². The third-order valence-corrected chi connectivity index (χ3v) is 5.29. The highest BCUT2D eigenvalue weighted by Crippen LogP contribution is 2.24. The highest BCUT2D eigenvalue weighted by molar-refractivity contribution is 7.99. The number of hydrogen-bond donors (Lipinski definition) is 1. The van der Waals surface area contributed by atoms with Gasteiger partial charge in [-0.05, 0) is 13.0 Å². The maximum absolute atomic E-state index is 12.1. The summed E-state index contributed by atoms with van der Waals surface area (Å²) in [4.78, 5) is 22.4. The van der Waals surface area contributed by atoms with E-state index in [-0.39, 0.29) is 22.4 Å². The molecule has 0 unspecified atom stereocenters. The number of hydrogen-bond acceptors (Lipinski definition) is 7. The zero-order chi connectivity index (χ0) is 21.5. The number of halogens is 1. The van der Waals surface area contributed by atoms with E-state index in [1.807, 2.05) is 41.8 Å². The maximum Gasteiger partial charge on any atom is 0.270 e. The molecule has 30 heavy (non-hydrogen) atoms. The van der Waals surface area contributed by atoms with Crippen LogP contribution >= 0.6 is 23.4 Å². The largest absolute Gasteiger partial charge is 0.302 e. The zero-order valence-corrected chi connectivity index (χ0v) is 17.4. The Balaban J connectivity index is 1.60. The molecule has 1 N–H and O–H groups in total. The Morgan fingerprint density at radius 3 is 2.77 bits per heavy atom. The smallest absolute Gasteiger partial charge is 0.270 e. The molecule has 2 aromatic carbocycles. The monoisotopic (exact) mass is 444 g/mol. The zero-order valence-electron chi connectivity index (χ0n) is 15.9. The van der Waals surface area contributed by atoms with E-state index >= 15 is 0 Å². The second kappa shape index (κ2) is 9.99. The van der Waals surface area contributed by atoms with Crippen molar-refractivity contribution >= 4 is 41.2 Å². The number of nitrogens with zero attached hydrogens (tertiary/aromatic N) is 5. The predicted octanol–water partition coefficient (Wildman–Crippen LogP) is 3.77. The van der Waals surface area contributed by atoms with Gasteiger partial charge < -0.3 is 4.57 Å². The SMILES string of the molecule is CCn1c(SCC(=O)N/N=C/c2cc([N+](=O)[O-])ccc2Cl)nnc1-c1ccccc1. The average molecular weight is 445 g/mol. The molecule has 154 valence electrons. The van der Waals surface area contributed by atoms with Crippen molar-refractivity contribution in [3.8, 4) is 11.4 Å². The van der Waals surface area contributed by atoms with Crippen LogP contribution in [0.3, 0.4) is 0 Å². The predicted molar refractivity (Wildman–Crippen MR) is 116 cm³/mol. The van der Waals surface area contributed by atoms with Crippen molar-refractivity contribution in [2.75, 3.05) is 5.75 Å². The minimum atomic E-state index is -0.531. The summed E-state index contributed by atoms with van der Waals surface area (Å²) in [6, 6.07) is 13.7. The van der Waals surface area contributed by atoms with Gasteiger partial charge in [-0.15, -0.1) is 10.2 Å². The normalized spacial score (nSPS) is 11.0. The third-order valence-electron chi connectivity index (χ3n) is 3.98. The van der Waals surface area contributed by atoms with Crippen molar-refractivity contribution < 1.29 is 9.72 Å². The summed E-state index contributed by atoms with van der Waals surface area (Å²) >= 11 is 7.23. The van der Waals surface area contributed by atoms with Gasteiger partial charge in [-0.3, -0.25) is 14.9 Å². The molecule has 0 aliphatic heterocycles. The molecule has 0 atom stereocenters. The first-order chi connectivity index (χ1) is 14.5. The Labute approximate surface area is 181 Å². The molecule has 3 rings (SSSR count). The van der Waals surface area contributed by atoms with Crippen molar-refractivity contribution in [3.05, 3.63) is 69.2 Å². The molecule has 1 amide bonds. The molecule has 0 saturated carbocycles. The molecule has 1 aromatic heterocycles. The van der Waals surface area contributed by atoms with Crippen LogP contribution in [0.2, 0.25) is 5.02 Å². The summed E-state index contributed by atoms with van der Waals surface area (Å²) in [6.45, 7) is 2.64. The number of thioether (sulfide) groups is 1. The van der Waals surface area contributed by atoms with Crippen LogP contribution in [0.4, 0.5) is 5.69 Å². The summed E-state index contributed by atoms with van der Waals surface area (Å²) in [6.07, 6.45) is 1.26. The molecule has 11 heteroatoms. The number of aromatic nitrogens is 3. The molecule has 3 aromatic rings. The third kappa shape index (κ3) is 5.22. The Hall–Kier alpha value is -3.24. The number of hydrazone groups is 1. The van der Waals surface area contributed by atoms with Gasteiger partial charge in [-0.2, -0.15) is 5.10 Å². The van der Waals surface area contributed by atoms with Crippen LogP contribution in [0.5, 0.6) is 0 Å². The van der Waals surface area contributed by atoms with Gasteiger partial charge >= 0.3 is 0 Å². The maximum atomic E-state index is 12.1. The van der Waals surface area contributed by atoms with Crippen LogP contribution in [-0.2, 0) is 11.3 Å². The van der Waals surface area contributed by atoms with Gasteiger partial charge in [0.05, 0.1) is 16.9 Å². The van der Waals surface area contributed by atoms with Crippen LogP contribution in [0, 0.1) is 10.1 Å². The molecule has 1 heterocycles. The van der Waals surface area contributed by atoms with Crippen molar-refractivity contribution in [1.29, 1.82) is 0 Å². The molecule has 0 aliphatic carbocycles. The van der Waals surface area contributed by atoms with E-state index in [2.05, 4.69) is 20.7 Å². The number of rotatable bonds is 8. The molecule has 0 bridgehead atoms. The molecule has 0 saturated heterocycles. The minimum absolute atomic E-state index is 0.0763. The van der Waals surface area contributed by atoms with Crippen LogP contribution in [-0.4, -0.2) is 37.6 Å². The van der Waals surface area contributed by atoms with E-state index in [9.17, 15) is 14.9 Å². The van der Waals surface area contributed by atoms with E-state index in [0.717, 1.165) is 11.4 Å². The van der Waals surface area contributed by atoms with Gasteiger partial charge in [0.15, 0.2) is 11.0 Å². The summed E-state index contributed by atoms with van der Waals surface area (Å²) in [5.74, 6) is 0.455. The lowest BCUT2D eigenvalue weighted by Gasteiger charge is -2.06. The minimum Gasteiger partial charge on any atom is -0.302 e. The summed E-state index contributed by atoms with van der Waals surface area (Å²) in [5.41, 5.74) is 3.54. The molecule has 0 fully saturated rings. The molecule has 9 nitrogen and oxygen atoms in total. The first-order valence-corrected chi connectivity index (χ1v) is 10.2. The van der Waals surface area contributed by atoms with Crippen LogP contribution in [0.15, 0.2) is 58.8 Å². The van der Waals surface area contributed by atoms with Gasteiger partial charge in [-0.25, -0.2) is 5.43 Å². The summed E-state index contributed by atoms with van der Waals surface area (Å²) in [5, 5.41) is 24.0. The fraction of sp³-hybridized carbons (Fsp3) is 0.158. The second-order valence-electron chi connectivity index (χ2n) is 5.96. The summed E-state index contributed by atoms with van der Waals surface area (Å²) in [7, 11) is 0. The van der Waals surface area contributed by atoms with E-state index in [1.165, 1.54) is 36.2 Å². The van der Waals surface area contributed by atoms with Gasteiger partial charge in [0, 0.05) is 34.8 Å². The van der Waals surface area contributed by atoms with E-state index in [4.69, 9.17) is 11.6 Å². The number of carbonyl (C=O) groups is 1. The lowest BCUT2D eigenvalue weighted by molar-refractivity contribution is -0.384. The number of non-ortho nitro benzene ring substituents is 1. The number of nitro groups is 1. The fourth-order valence-electron chi connectivity index (χ4n) is 2.56. The standard InChI is InChI=1S/C19H17ClN6O3S/c1-2-25-18(13-6-4-3-5-7-13)23-24-19(25)30-12-17(27)22-21-11-14-10-15(26(28)29)8-9-16(14)20/h3-11H,2,12H2,1H3,(H,22,27)/b21-11+. The van der Waals surface area contributed by atoms with Gasteiger partial charge in [-0.1, -0.05) is 53.7 Å². The van der Waals surface area contributed by atoms with Crippen LogP contribution in [0.25, 0.3) is 11.4 Å². The number of nitrogens with one attached hydrogen (secondary N) is 1. The van der Waals surface area contributed by atoms with Crippen molar-refractivity contribution in [1.82, 2.24) is 20.2 Å². The van der Waals surface area contributed by atoms with E-state index in [0.29, 0.717) is 17.3 Å².